The molecule has 0 aliphatic heterocycles. The normalized spacial score (nSPS) is 11.8. The zero-order valence-electron chi connectivity index (χ0n) is 14.4. The molecule has 0 aliphatic carbocycles. The molecule has 0 saturated heterocycles. The van der Waals surface area contributed by atoms with Crippen molar-refractivity contribution in [1.82, 2.24) is 0 Å². The topological polar surface area (TPSA) is 52.6 Å². The summed E-state index contributed by atoms with van der Waals surface area (Å²) in [7, 11) is 3.24. The molecule has 23 heavy (non-hydrogen) atoms. The van der Waals surface area contributed by atoms with Gasteiger partial charge in [0.1, 0.15) is 0 Å². The van der Waals surface area contributed by atoms with E-state index in [1.807, 2.05) is 31.2 Å². The van der Waals surface area contributed by atoms with E-state index in [1.54, 1.807) is 14.2 Å². The van der Waals surface area contributed by atoms with E-state index in [2.05, 4.69) is 0 Å². The highest BCUT2D eigenvalue weighted by molar-refractivity contribution is 6.03. The lowest BCUT2D eigenvalue weighted by atomic mass is 9.70. The minimum absolute atomic E-state index is 0.0869. The Morgan fingerprint density at radius 2 is 1.61 bits per heavy atom. The second kappa shape index (κ2) is 9.38. The number of aryl methyl sites for hydroxylation is 1. The third-order valence-electron chi connectivity index (χ3n) is 4.07. The van der Waals surface area contributed by atoms with E-state index >= 15 is 0 Å². The van der Waals surface area contributed by atoms with Gasteiger partial charge < -0.3 is 9.47 Å². The van der Waals surface area contributed by atoms with Crippen LogP contribution in [0.15, 0.2) is 36.4 Å². The van der Waals surface area contributed by atoms with Crippen LogP contribution in [0, 0.1) is 6.92 Å². The lowest BCUT2D eigenvalue weighted by Crippen LogP contribution is -2.38. The van der Waals surface area contributed by atoms with Crippen LogP contribution in [0.4, 0.5) is 0 Å². The lowest BCUT2D eigenvalue weighted by molar-refractivity contribution is -0.121. The first-order valence-electron chi connectivity index (χ1n) is 7.75. The number of benzene rings is 1. The van der Waals surface area contributed by atoms with Crippen molar-refractivity contribution in [2.45, 2.75) is 32.1 Å². The lowest BCUT2D eigenvalue weighted by Gasteiger charge is -2.33. The van der Waals surface area contributed by atoms with Gasteiger partial charge in [0.2, 0.25) is 0 Å². The molecule has 1 rings (SSSR count). The molecule has 126 valence electrons. The molecule has 4 nitrogen and oxygen atoms in total. The molecular formula is C19H26O4. The molecule has 1 aromatic rings. The fourth-order valence-corrected chi connectivity index (χ4v) is 2.79. The van der Waals surface area contributed by atoms with E-state index in [0.717, 1.165) is 11.1 Å². The van der Waals surface area contributed by atoms with Crippen LogP contribution >= 0.6 is 0 Å². The minimum Gasteiger partial charge on any atom is -0.385 e. The molecule has 0 heterocycles. The molecule has 0 fully saturated rings. The second-order valence-corrected chi connectivity index (χ2v) is 5.69. The molecule has 4 heteroatoms. The number of carbonyl (C=O) groups excluding carboxylic acids is 2. The molecular weight excluding hydrogens is 292 g/mol. The molecule has 0 radical (unpaired) electrons. The van der Waals surface area contributed by atoms with Crippen LogP contribution in [0.25, 0.3) is 0 Å². The highest BCUT2D eigenvalue weighted by Gasteiger charge is 2.38. The highest BCUT2D eigenvalue weighted by Crippen LogP contribution is 2.36. The van der Waals surface area contributed by atoms with E-state index in [-0.39, 0.29) is 11.6 Å². The van der Waals surface area contributed by atoms with Gasteiger partial charge in [-0.2, -0.15) is 0 Å². The Bertz CT molecular complexity index is 552. The molecule has 0 saturated carbocycles. The summed E-state index contributed by atoms with van der Waals surface area (Å²) in [4.78, 5) is 24.2. The largest absolute Gasteiger partial charge is 0.385 e. The van der Waals surface area contributed by atoms with Gasteiger partial charge >= 0.3 is 0 Å². The smallest absolute Gasteiger partial charge is 0.166 e. The van der Waals surface area contributed by atoms with E-state index in [9.17, 15) is 9.59 Å². The summed E-state index contributed by atoms with van der Waals surface area (Å²) in [6.45, 7) is 4.34. The van der Waals surface area contributed by atoms with Crippen LogP contribution in [0.3, 0.4) is 0 Å². The fourth-order valence-electron chi connectivity index (χ4n) is 2.79. The van der Waals surface area contributed by atoms with Gasteiger partial charge in [-0.3, -0.25) is 9.59 Å². The first-order chi connectivity index (χ1) is 11.0. The van der Waals surface area contributed by atoms with Crippen LogP contribution in [-0.4, -0.2) is 39.0 Å². The van der Waals surface area contributed by atoms with Crippen molar-refractivity contribution in [2.24, 2.45) is 0 Å². The molecule has 0 spiro atoms. The number of ether oxygens (including phenoxy) is 2. The Balaban J connectivity index is 3.37. The molecule has 0 amide bonds. The van der Waals surface area contributed by atoms with Crippen LogP contribution in [0.5, 0.6) is 0 Å². The van der Waals surface area contributed by atoms with Crippen LogP contribution in [0.2, 0.25) is 0 Å². The van der Waals surface area contributed by atoms with E-state index < -0.39 is 5.41 Å². The Kier molecular flexibility index (Phi) is 7.86. The number of hydrogen-bond donors (Lipinski definition) is 0. The Morgan fingerprint density at radius 1 is 1.04 bits per heavy atom. The molecule has 0 aromatic heterocycles. The summed E-state index contributed by atoms with van der Waals surface area (Å²) < 4.78 is 10.5. The van der Waals surface area contributed by atoms with Crippen molar-refractivity contribution in [3.05, 3.63) is 47.5 Å². The molecule has 0 bridgehead atoms. The van der Waals surface area contributed by atoms with Gasteiger partial charge in [-0.1, -0.05) is 24.3 Å². The zero-order chi connectivity index (χ0) is 17.3. The third kappa shape index (κ3) is 5.12. The van der Waals surface area contributed by atoms with Crippen molar-refractivity contribution >= 4 is 11.6 Å². The van der Waals surface area contributed by atoms with Crippen molar-refractivity contribution in [2.75, 3.05) is 27.4 Å². The van der Waals surface area contributed by atoms with Crippen molar-refractivity contribution in [3.8, 4) is 0 Å². The van der Waals surface area contributed by atoms with Gasteiger partial charge in [-0.15, -0.1) is 0 Å². The van der Waals surface area contributed by atoms with Gasteiger partial charge in [0.15, 0.2) is 11.6 Å². The molecule has 0 atom stereocenters. The maximum atomic E-state index is 13.0. The predicted octanol–water partition coefficient (Wildman–Crippen LogP) is 3.02. The van der Waals surface area contributed by atoms with Crippen molar-refractivity contribution in [1.29, 1.82) is 0 Å². The standard InChI is InChI=1S/C19H26O4/c1-15-7-5-6-8-17(15)19(11-13-22-3,12-14-23-4)18(21)10-9-16(2)20/h5-10H,11-14H2,1-4H3/b10-9-. The highest BCUT2D eigenvalue weighted by atomic mass is 16.5. The van der Waals surface area contributed by atoms with Crippen molar-refractivity contribution in [3.63, 3.8) is 0 Å². The summed E-state index contributed by atoms with van der Waals surface area (Å²) in [6, 6.07) is 7.84. The van der Waals surface area contributed by atoms with E-state index in [0.29, 0.717) is 26.1 Å². The summed E-state index contributed by atoms with van der Waals surface area (Å²) in [5.74, 6) is -0.230. The number of ketones is 2. The Morgan fingerprint density at radius 3 is 2.09 bits per heavy atom. The van der Waals surface area contributed by atoms with Crippen LogP contribution < -0.4 is 0 Å². The zero-order valence-corrected chi connectivity index (χ0v) is 14.4. The number of hydrogen-bond acceptors (Lipinski definition) is 4. The molecule has 0 N–H and O–H groups in total. The SMILES string of the molecule is COCCC(CCOC)(C(=O)/C=C\C(C)=O)c1ccccc1C. The average Bonchev–Trinajstić information content (AvgIpc) is 2.54. The monoisotopic (exact) mass is 318 g/mol. The van der Waals surface area contributed by atoms with Crippen LogP contribution in [-0.2, 0) is 24.5 Å². The van der Waals surface area contributed by atoms with Gasteiger partial charge in [0.05, 0.1) is 5.41 Å². The Labute approximate surface area is 138 Å². The number of allylic oxidation sites excluding steroid dienone is 2. The number of rotatable bonds is 10. The van der Waals surface area contributed by atoms with Crippen molar-refractivity contribution < 1.29 is 19.1 Å². The van der Waals surface area contributed by atoms with Gasteiger partial charge in [-0.25, -0.2) is 0 Å². The average molecular weight is 318 g/mol. The molecule has 0 aliphatic rings. The summed E-state index contributed by atoms with van der Waals surface area (Å²) >= 11 is 0. The van der Waals surface area contributed by atoms with Crippen LogP contribution in [0.1, 0.15) is 30.9 Å². The summed E-state index contributed by atoms with van der Waals surface area (Å²) in [5.41, 5.74) is 1.26. The maximum Gasteiger partial charge on any atom is 0.166 e. The van der Waals surface area contributed by atoms with Gasteiger partial charge in [0.25, 0.3) is 0 Å². The van der Waals surface area contributed by atoms with Gasteiger partial charge in [-0.05, 0) is 50.0 Å². The quantitative estimate of drug-likeness (QED) is 0.622. The predicted molar refractivity (Wildman–Crippen MR) is 90.7 cm³/mol. The minimum atomic E-state index is -0.747. The number of carbonyl (C=O) groups is 2. The third-order valence-corrected chi connectivity index (χ3v) is 4.07. The second-order valence-electron chi connectivity index (χ2n) is 5.69. The number of methoxy groups -OCH3 is 2. The fraction of sp³-hybridized carbons (Fsp3) is 0.474. The first kappa shape index (κ1) is 19.3. The Hall–Kier alpha value is -1.78. The van der Waals surface area contributed by atoms with E-state index in [1.165, 1.54) is 19.1 Å². The summed E-state index contributed by atoms with van der Waals surface area (Å²) in [5, 5.41) is 0. The van der Waals surface area contributed by atoms with Gasteiger partial charge in [0, 0.05) is 27.4 Å². The first-order valence-corrected chi connectivity index (χ1v) is 7.75. The maximum absolute atomic E-state index is 13.0. The van der Waals surface area contributed by atoms with E-state index in [4.69, 9.17) is 9.47 Å². The molecule has 1 aromatic carbocycles. The molecule has 0 unspecified atom stereocenters. The summed E-state index contributed by atoms with van der Waals surface area (Å²) in [6.07, 6.45) is 3.80.